The number of amides is 1. The van der Waals surface area contributed by atoms with Crippen LogP contribution < -0.4 is 0 Å². The molecule has 1 atom stereocenters. The molecule has 2 aliphatic rings. The third-order valence-electron chi connectivity index (χ3n) is 6.84. The van der Waals surface area contributed by atoms with Crippen molar-refractivity contribution in [1.82, 2.24) is 14.8 Å². The van der Waals surface area contributed by atoms with E-state index in [0.29, 0.717) is 43.4 Å². The van der Waals surface area contributed by atoms with E-state index in [-0.39, 0.29) is 24.4 Å². The second-order valence-corrected chi connectivity index (χ2v) is 10.1. The predicted molar refractivity (Wildman–Crippen MR) is 121 cm³/mol. The molecule has 3 heterocycles. The molecule has 1 aromatic heterocycles. The van der Waals surface area contributed by atoms with Crippen LogP contribution in [0.3, 0.4) is 0 Å². The quantitative estimate of drug-likeness (QED) is 0.587. The van der Waals surface area contributed by atoms with E-state index in [1.165, 1.54) is 5.56 Å². The van der Waals surface area contributed by atoms with Gasteiger partial charge in [-0.15, -0.1) is 0 Å². The summed E-state index contributed by atoms with van der Waals surface area (Å²) in [6, 6.07) is 5.84. The standard InChI is InChI=1S/C24H31ClF3N3O/c1-15(2)13-21-22-18(19-14-17(25)3-4-20(19)29-22)7-11-31(21)23(32)16-5-9-30(10-6-16)12-8-24(26,27)28/h3-4,14-16,21,29H,5-13H2,1-2H3. The molecule has 8 heteroatoms. The van der Waals surface area contributed by atoms with Gasteiger partial charge in [0.25, 0.3) is 0 Å². The van der Waals surface area contributed by atoms with Gasteiger partial charge in [-0.25, -0.2) is 0 Å². The van der Waals surface area contributed by atoms with Crippen LogP contribution >= 0.6 is 11.6 Å². The van der Waals surface area contributed by atoms with Crippen molar-refractivity contribution in [1.29, 1.82) is 0 Å². The number of alkyl halides is 3. The molecule has 1 unspecified atom stereocenters. The second-order valence-electron chi connectivity index (χ2n) is 9.62. The average Bonchev–Trinajstić information content (AvgIpc) is 3.10. The van der Waals surface area contributed by atoms with Gasteiger partial charge in [0, 0.05) is 40.6 Å². The maximum Gasteiger partial charge on any atom is 0.390 e. The third-order valence-corrected chi connectivity index (χ3v) is 7.07. The number of hydrogen-bond donors (Lipinski definition) is 1. The Bertz CT molecular complexity index is 963. The first-order valence-corrected chi connectivity index (χ1v) is 11.9. The molecule has 0 radical (unpaired) electrons. The topological polar surface area (TPSA) is 39.3 Å². The molecule has 1 N–H and O–H groups in total. The normalized spacial score (nSPS) is 20.8. The Morgan fingerprint density at radius 1 is 1.22 bits per heavy atom. The van der Waals surface area contributed by atoms with E-state index in [1.807, 2.05) is 28.0 Å². The van der Waals surface area contributed by atoms with Crippen LogP contribution in [0.25, 0.3) is 10.9 Å². The predicted octanol–water partition coefficient (Wildman–Crippen LogP) is 5.96. The number of carbonyl (C=O) groups excluding carboxylic acids is 1. The Kier molecular flexibility index (Phi) is 6.78. The molecule has 4 rings (SSSR count). The van der Waals surface area contributed by atoms with Gasteiger partial charge in [0.05, 0.1) is 12.5 Å². The molecule has 1 amide bonds. The molecule has 32 heavy (non-hydrogen) atoms. The lowest BCUT2D eigenvalue weighted by molar-refractivity contribution is -0.144. The van der Waals surface area contributed by atoms with Crippen molar-refractivity contribution in [3.63, 3.8) is 0 Å². The van der Waals surface area contributed by atoms with Gasteiger partial charge >= 0.3 is 6.18 Å². The van der Waals surface area contributed by atoms with Gasteiger partial charge in [0.15, 0.2) is 0 Å². The first-order chi connectivity index (χ1) is 15.1. The summed E-state index contributed by atoms with van der Waals surface area (Å²) in [6.07, 6.45) is -2.04. The summed E-state index contributed by atoms with van der Waals surface area (Å²) >= 11 is 6.23. The summed E-state index contributed by atoms with van der Waals surface area (Å²) in [5, 5.41) is 1.84. The molecule has 4 nitrogen and oxygen atoms in total. The van der Waals surface area contributed by atoms with Crippen molar-refractivity contribution in [2.75, 3.05) is 26.2 Å². The zero-order valence-electron chi connectivity index (χ0n) is 18.6. The van der Waals surface area contributed by atoms with Crippen molar-refractivity contribution in [2.24, 2.45) is 11.8 Å². The Labute approximate surface area is 192 Å². The summed E-state index contributed by atoms with van der Waals surface area (Å²) in [5.74, 6) is 0.445. The highest BCUT2D eigenvalue weighted by atomic mass is 35.5. The molecule has 2 aromatic rings. The van der Waals surface area contributed by atoms with Crippen molar-refractivity contribution >= 4 is 28.4 Å². The average molecular weight is 470 g/mol. The summed E-state index contributed by atoms with van der Waals surface area (Å²) in [7, 11) is 0. The smallest absolute Gasteiger partial charge is 0.356 e. The highest BCUT2D eigenvalue weighted by molar-refractivity contribution is 6.31. The molecular weight excluding hydrogens is 439 g/mol. The van der Waals surface area contributed by atoms with Crippen molar-refractivity contribution in [3.05, 3.63) is 34.5 Å². The molecule has 0 bridgehead atoms. The minimum Gasteiger partial charge on any atom is -0.356 e. The number of aromatic amines is 1. The van der Waals surface area contributed by atoms with E-state index >= 15 is 0 Å². The number of carbonyl (C=O) groups is 1. The summed E-state index contributed by atoms with van der Waals surface area (Å²) in [6.45, 7) is 6.10. The van der Waals surface area contributed by atoms with Gasteiger partial charge < -0.3 is 14.8 Å². The van der Waals surface area contributed by atoms with E-state index in [1.54, 1.807) is 0 Å². The summed E-state index contributed by atoms with van der Waals surface area (Å²) in [5.41, 5.74) is 3.40. The lowest BCUT2D eigenvalue weighted by atomic mass is 9.88. The Morgan fingerprint density at radius 3 is 2.59 bits per heavy atom. The molecule has 0 saturated carbocycles. The number of likely N-dealkylation sites (tertiary alicyclic amines) is 1. The number of halogens is 4. The molecule has 0 aliphatic carbocycles. The van der Waals surface area contributed by atoms with E-state index < -0.39 is 12.6 Å². The monoisotopic (exact) mass is 469 g/mol. The fraction of sp³-hybridized carbons (Fsp3) is 0.625. The molecule has 0 spiro atoms. The van der Waals surface area contributed by atoms with E-state index in [2.05, 4.69) is 18.8 Å². The van der Waals surface area contributed by atoms with Crippen molar-refractivity contribution in [2.45, 2.75) is 58.2 Å². The molecule has 1 saturated heterocycles. The number of benzene rings is 1. The number of aromatic nitrogens is 1. The zero-order valence-corrected chi connectivity index (χ0v) is 19.4. The van der Waals surface area contributed by atoms with Gasteiger partial charge in [0.2, 0.25) is 5.91 Å². The number of nitrogens with one attached hydrogen (secondary N) is 1. The summed E-state index contributed by atoms with van der Waals surface area (Å²) < 4.78 is 37.6. The number of nitrogens with zero attached hydrogens (tertiary/aromatic N) is 2. The second kappa shape index (κ2) is 9.26. The highest BCUT2D eigenvalue weighted by Crippen LogP contribution is 2.40. The molecule has 1 aromatic carbocycles. The van der Waals surface area contributed by atoms with Crippen LogP contribution in [0, 0.1) is 11.8 Å². The van der Waals surface area contributed by atoms with Crippen molar-refractivity contribution in [3.8, 4) is 0 Å². The van der Waals surface area contributed by atoms with Crippen LogP contribution in [0.5, 0.6) is 0 Å². The maximum absolute atomic E-state index is 13.5. The maximum atomic E-state index is 13.5. The SMILES string of the molecule is CC(C)CC1c2[nH]c3ccc(Cl)cc3c2CCN1C(=O)C1CCN(CCC(F)(F)F)CC1. The van der Waals surface area contributed by atoms with Crippen molar-refractivity contribution < 1.29 is 18.0 Å². The van der Waals surface area contributed by atoms with Crippen LogP contribution in [0.15, 0.2) is 18.2 Å². The van der Waals surface area contributed by atoms with Gasteiger partial charge in [-0.3, -0.25) is 4.79 Å². The largest absolute Gasteiger partial charge is 0.390 e. The molecular formula is C24H31ClF3N3O. The lowest BCUT2D eigenvalue weighted by Crippen LogP contribution is -2.47. The number of piperidine rings is 1. The Hall–Kier alpha value is -1.73. The van der Waals surface area contributed by atoms with E-state index in [9.17, 15) is 18.0 Å². The van der Waals surface area contributed by atoms with Gasteiger partial charge in [-0.1, -0.05) is 25.4 Å². The third kappa shape index (κ3) is 5.09. The van der Waals surface area contributed by atoms with Crippen LogP contribution in [0.1, 0.15) is 56.8 Å². The first-order valence-electron chi connectivity index (χ1n) is 11.5. The zero-order chi connectivity index (χ0) is 23.0. The fourth-order valence-corrected chi connectivity index (χ4v) is 5.39. The van der Waals surface area contributed by atoms with Crippen LogP contribution in [0.2, 0.25) is 5.02 Å². The number of H-pyrrole nitrogens is 1. The van der Waals surface area contributed by atoms with Gasteiger partial charge in [-0.2, -0.15) is 13.2 Å². The van der Waals surface area contributed by atoms with Gasteiger partial charge in [-0.05, 0) is 68.5 Å². The lowest BCUT2D eigenvalue weighted by Gasteiger charge is -2.40. The van der Waals surface area contributed by atoms with Gasteiger partial charge in [0.1, 0.15) is 0 Å². The number of fused-ring (bicyclic) bond motifs is 3. The van der Waals surface area contributed by atoms with E-state index in [4.69, 9.17) is 11.6 Å². The van der Waals surface area contributed by atoms with Crippen LogP contribution in [-0.4, -0.2) is 53.0 Å². The molecule has 176 valence electrons. The molecule has 2 aliphatic heterocycles. The number of hydrogen-bond acceptors (Lipinski definition) is 2. The highest BCUT2D eigenvalue weighted by Gasteiger charge is 2.38. The minimum absolute atomic E-state index is 0.0133. The Morgan fingerprint density at radius 2 is 1.94 bits per heavy atom. The van der Waals surface area contributed by atoms with Crippen LogP contribution in [-0.2, 0) is 11.2 Å². The van der Waals surface area contributed by atoms with E-state index in [0.717, 1.165) is 29.4 Å². The molecule has 1 fully saturated rings. The summed E-state index contributed by atoms with van der Waals surface area (Å²) in [4.78, 5) is 21.0. The first kappa shape index (κ1) is 23.4. The Balaban J connectivity index is 1.49. The number of rotatable bonds is 5. The van der Waals surface area contributed by atoms with Crippen LogP contribution in [0.4, 0.5) is 13.2 Å². The fourth-order valence-electron chi connectivity index (χ4n) is 5.22. The minimum atomic E-state index is -4.13.